The van der Waals surface area contributed by atoms with Crippen LogP contribution in [0.5, 0.6) is 0 Å². The lowest BCUT2D eigenvalue weighted by Crippen LogP contribution is -2.42. The van der Waals surface area contributed by atoms with Crippen molar-refractivity contribution in [2.24, 2.45) is 0 Å². The normalized spacial score (nSPS) is 22.2. The van der Waals surface area contributed by atoms with Gasteiger partial charge in [-0.05, 0) is 31.4 Å². The maximum atomic E-state index is 12.6. The highest BCUT2D eigenvalue weighted by Crippen LogP contribution is 2.40. The summed E-state index contributed by atoms with van der Waals surface area (Å²) in [6, 6.07) is 7.55. The number of aryl methyl sites for hydroxylation is 1. The summed E-state index contributed by atoms with van der Waals surface area (Å²) in [5, 5.41) is 12.5. The minimum absolute atomic E-state index is 0.0194. The van der Waals surface area contributed by atoms with E-state index >= 15 is 0 Å². The molecule has 4 heterocycles. The summed E-state index contributed by atoms with van der Waals surface area (Å²) < 4.78 is 6.34. The van der Waals surface area contributed by atoms with Crippen molar-refractivity contribution in [1.82, 2.24) is 29.0 Å². The molecule has 2 aromatic heterocycles. The van der Waals surface area contributed by atoms with Crippen LogP contribution in [-0.4, -0.2) is 41.5 Å². The summed E-state index contributed by atoms with van der Waals surface area (Å²) in [7, 11) is 0. The zero-order valence-corrected chi connectivity index (χ0v) is 15.2. The Morgan fingerprint density at radius 2 is 2.08 bits per heavy atom. The maximum Gasteiger partial charge on any atom is 0.246 e. The summed E-state index contributed by atoms with van der Waals surface area (Å²) in [5.41, 5.74) is 1.92. The smallest absolute Gasteiger partial charge is 0.246 e. The van der Waals surface area contributed by atoms with Crippen LogP contribution in [0.3, 0.4) is 0 Å². The largest absolute Gasteiger partial charge is 0.324 e. The van der Waals surface area contributed by atoms with Crippen LogP contribution in [0.25, 0.3) is 10.8 Å². The third-order valence-corrected chi connectivity index (χ3v) is 5.85. The number of carbonyl (C=O) groups is 1. The fraction of sp³-hybridized carbons (Fsp3) is 0.353. The summed E-state index contributed by atoms with van der Waals surface area (Å²) in [5.74, 6) is 2.38. The van der Waals surface area contributed by atoms with Crippen molar-refractivity contribution in [2.45, 2.75) is 32.5 Å². The number of hydrogen-bond donors (Lipinski definition) is 1. The topological polar surface area (TPSA) is 88.8 Å². The molecule has 26 heavy (non-hydrogen) atoms. The minimum atomic E-state index is -0.293. The molecule has 132 valence electrons. The number of hydrogen-bond acceptors (Lipinski definition) is 7. The van der Waals surface area contributed by atoms with E-state index in [4.69, 9.17) is 0 Å². The number of fused-ring (bicyclic) bond motifs is 2. The Morgan fingerprint density at radius 1 is 1.23 bits per heavy atom. The molecule has 3 aromatic rings. The van der Waals surface area contributed by atoms with Crippen molar-refractivity contribution in [1.29, 1.82) is 0 Å². The van der Waals surface area contributed by atoms with Crippen molar-refractivity contribution in [3.05, 3.63) is 41.5 Å². The van der Waals surface area contributed by atoms with E-state index in [1.165, 1.54) is 11.5 Å². The molecule has 0 radical (unpaired) electrons. The van der Waals surface area contributed by atoms with Gasteiger partial charge in [0.1, 0.15) is 11.9 Å². The number of aromatic nitrogens is 5. The number of para-hydroxylation sites is 1. The lowest BCUT2D eigenvalue weighted by atomic mass is 10.0. The molecule has 5 rings (SSSR count). The molecule has 2 atom stereocenters. The quantitative estimate of drug-likeness (QED) is 0.747. The van der Waals surface area contributed by atoms with E-state index < -0.39 is 0 Å². The SMILES string of the molecule is Cc1nsc(-c2nnc3n2CCN(C2C(=O)Nc4ccccc42)[C@@H]3C)n1. The van der Waals surface area contributed by atoms with Gasteiger partial charge in [0.2, 0.25) is 5.91 Å². The molecule has 8 nitrogen and oxygen atoms in total. The van der Waals surface area contributed by atoms with Crippen LogP contribution in [0.2, 0.25) is 0 Å². The number of nitrogens with zero attached hydrogens (tertiary/aromatic N) is 6. The van der Waals surface area contributed by atoms with Gasteiger partial charge >= 0.3 is 0 Å². The van der Waals surface area contributed by atoms with Gasteiger partial charge in [0.05, 0.1) is 6.04 Å². The average Bonchev–Trinajstić information content (AvgIpc) is 3.32. The van der Waals surface area contributed by atoms with Gasteiger partial charge in [-0.1, -0.05) is 18.2 Å². The summed E-state index contributed by atoms with van der Waals surface area (Å²) in [6.07, 6.45) is 0. The van der Waals surface area contributed by atoms with Gasteiger partial charge in [0.25, 0.3) is 0 Å². The summed E-state index contributed by atoms with van der Waals surface area (Å²) in [6.45, 7) is 5.40. The molecule has 1 aromatic carbocycles. The second-order valence-electron chi connectivity index (χ2n) is 6.57. The predicted molar refractivity (Wildman–Crippen MR) is 96.6 cm³/mol. The zero-order valence-electron chi connectivity index (χ0n) is 14.4. The molecular formula is C17H17N7OS. The maximum absolute atomic E-state index is 12.6. The Bertz CT molecular complexity index is 1010. The highest BCUT2D eigenvalue weighted by atomic mass is 32.1. The molecule has 2 aliphatic rings. The van der Waals surface area contributed by atoms with Crippen molar-refractivity contribution in [2.75, 3.05) is 11.9 Å². The highest BCUT2D eigenvalue weighted by molar-refractivity contribution is 7.09. The molecule has 0 aliphatic carbocycles. The van der Waals surface area contributed by atoms with Gasteiger partial charge in [-0.15, -0.1) is 10.2 Å². The third-order valence-electron chi connectivity index (χ3n) is 5.04. The van der Waals surface area contributed by atoms with Gasteiger partial charge in [-0.25, -0.2) is 4.98 Å². The van der Waals surface area contributed by atoms with Crippen LogP contribution >= 0.6 is 11.5 Å². The second kappa shape index (κ2) is 5.68. The Balaban J connectivity index is 1.51. The zero-order chi connectivity index (χ0) is 17.8. The first-order chi connectivity index (χ1) is 12.6. The van der Waals surface area contributed by atoms with E-state index in [1.54, 1.807) is 0 Å². The Morgan fingerprint density at radius 3 is 2.88 bits per heavy atom. The van der Waals surface area contributed by atoms with E-state index in [9.17, 15) is 4.79 Å². The van der Waals surface area contributed by atoms with Crippen LogP contribution < -0.4 is 5.32 Å². The Labute approximate surface area is 154 Å². The van der Waals surface area contributed by atoms with Crippen LogP contribution in [0, 0.1) is 6.92 Å². The van der Waals surface area contributed by atoms with Crippen LogP contribution in [0.4, 0.5) is 5.69 Å². The summed E-state index contributed by atoms with van der Waals surface area (Å²) >= 11 is 1.34. The Kier molecular flexibility index (Phi) is 3.41. The lowest BCUT2D eigenvalue weighted by Gasteiger charge is -2.36. The molecule has 0 bridgehead atoms. The number of benzene rings is 1. The lowest BCUT2D eigenvalue weighted by molar-refractivity contribution is -0.122. The molecule has 0 spiro atoms. The summed E-state index contributed by atoms with van der Waals surface area (Å²) in [4.78, 5) is 19.2. The van der Waals surface area contributed by atoms with Crippen molar-refractivity contribution in [3.63, 3.8) is 0 Å². The van der Waals surface area contributed by atoms with E-state index in [1.807, 2.05) is 31.2 Å². The number of amides is 1. The van der Waals surface area contributed by atoms with Crippen LogP contribution in [0.1, 0.15) is 36.2 Å². The predicted octanol–water partition coefficient (Wildman–Crippen LogP) is 2.18. The number of carbonyl (C=O) groups excluding carboxylic acids is 1. The molecule has 1 N–H and O–H groups in total. The van der Waals surface area contributed by atoms with Crippen molar-refractivity contribution < 1.29 is 4.79 Å². The van der Waals surface area contributed by atoms with Gasteiger partial charge in [0.15, 0.2) is 16.7 Å². The average molecular weight is 367 g/mol. The molecule has 0 saturated carbocycles. The van der Waals surface area contributed by atoms with E-state index in [0.29, 0.717) is 6.54 Å². The van der Waals surface area contributed by atoms with Gasteiger partial charge in [-0.3, -0.25) is 9.69 Å². The van der Waals surface area contributed by atoms with Crippen molar-refractivity contribution in [3.8, 4) is 10.8 Å². The van der Waals surface area contributed by atoms with Crippen LogP contribution in [0.15, 0.2) is 24.3 Å². The fourth-order valence-electron chi connectivity index (χ4n) is 3.82. The van der Waals surface area contributed by atoms with E-state index in [2.05, 4.69) is 41.3 Å². The van der Waals surface area contributed by atoms with Crippen LogP contribution in [-0.2, 0) is 11.3 Å². The monoisotopic (exact) mass is 367 g/mol. The third kappa shape index (κ3) is 2.20. The molecular weight excluding hydrogens is 350 g/mol. The van der Waals surface area contributed by atoms with Gasteiger partial charge < -0.3 is 9.88 Å². The van der Waals surface area contributed by atoms with Crippen molar-refractivity contribution >= 4 is 23.1 Å². The van der Waals surface area contributed by atoms with E-state index in [-0.39, 0.29) is 18.0 Å². The molecule has 1 amide bonds. The van der Waals surface area contributed by atoms with Gasteiger partial charge in [-0.2, -0.15) is 4.37 Å². The molecule has 0 fully saturated rings. The minimum Gasteiger partial charge on any atom is -0.324 e. The first-order valence-corrected chi connectivity index (χ1v) is 9.30. The first-order valence-electron chi connectivity index (χ1n) is 8.53. The van der Waals surface area contributed by atoms with E-state index in [0.717, 1.165) is 40.3 Å². The van der Waals surface area contributed by atoms with Gasteiger partial charge in [0, 0.05) is 24.3 Å². The molecule has 0 saturated heterocycles. The fourth-order valence-corrected chi connectivity index (χ4v) is 4.49. The Hall–Kier alpha value is -2.65. The number of nitrogens with one attached hydrogen (secondary N) is 1. The number of rotatable bonds is 2. The molecule has 2 aliphatic heterocycles. The standard InChI is InChI=1S/C17H17N7OS/c1-9-14-20-21-15(17-18-10(2)22-26-17)24(14)8-7-23(9)13-11-5-3-4-6-12(11)19-16(13)25/h3-6,9,13H,7-8H2,1-2H3,(H,19,25)/t9-,13?/m1/s1. The second-order valence-corrected chi connectivity index (χ2v) is 7.32. The first kappa shape index (κ1) is 15.6. The molecule has 1 unspecified atom stereocenters. The number of anilines is 1. The molecule has 9 heteroatoms. The highest BCUT2D eigenvalue weighted by Gasteiger charge is 2.41.